The van der Waals surface area contributed by atoms with Gasteiger partial charge in [-0.05, 0) is 42.2 Å². The molecular weight excluding hydrogens is 292 g/mol. The SMILES string of the molecule is COc1ccc(OC)c(C(Cl)c2ccc(SC)cc2)c1. The zero-order valence-electron chi connectivity index (χ0n) is 11.7. The molecular formula is C16H17ClO2S. The summed E-state index contributed by atoms with van der Waals surface area (Å²) in [5.74, 6) is 1.53. The van der Waals surface area contributed by atoms with Gasteiger partial charge in [-0.1, -0.05) is 12.1 Å². The molecule has 0 radical (unpaired) electrons. The summed E-state index contributed by atoms with van der Waals surface area (Å²) in [6.45, 7) is 0. The third-order valence-electron chi connectivity index (χ3n) is 3.12. The van der Waals surface area contributed by atoms with Gasteiger partial charge >= 0.3 is 0 Å². The molecule has 2 aromatic rings. The molecule has 4 heteroatoms. The molecule has 20 heavy (non-hydrogen) atoms. The largest absolute Gasteiger partial charge is 0.497 e. The van der Waals surface area contributed by atoms with E-state index in [4.69, 9.17) is 21.1 Å². The zero-order valence-corrected chi connectivity index (χ0v) is 13.3. The van der Waals surface area contributed by atoms with Crippen LogP contribution in [0.5, 0.6) is 11.5 Å². The summed E-state index contributed by atoms with van der Waals surface area (Å²) >= 11 is 8.31. The molecule has 0 N–H and O–H groups in total. The van der Waals surface area contributed by atoms with E-state index in [2.05, 4.69) is 18.4 Å². The molecule has 0 aliphatic carbocycles. The van der Waals surface area contributed by atoms with Crippen molar-refractivity contribution in [2.45, 2.75) is 10.3 Å². The third-order valence-corrected chi connectivity index (χ3v) is 4.35. The van der Waals surface area contributed by atoms with Crippen LogP contribution in [0.4, 0.5) is 0 Å². The number of halogens is 1. The molecule has 1 unspecified atom stereocenters. The summed E-state index contributed by atoms with van der Waals surface area (Å²) in [7, 11) is 3.29. The molecule has 2 rings (SSSR count). The molecule has 0 aliphatic rings. The Kier molecular flexibility index (Phi) is 5.21. The Bertz CT molecular complexity index is 569. The van der Waals surface area contributed by atoms with Crippen LogP contribution in [-0.2, 0) is 0 Å². The van der Waals surface area contributed by atoms with Crippen LogP contribution >= 0.6 is 23.4 Å². The highest BCUT2D eigenvalue weighted by molar-refractivity contribution is 7.98. The smallest absolute Gasteiger partial charge is 0.124 e. The highest BCUT2D eigenvalue weighted by Crippen LogP contribution is 2.37. The van der Waals surface area contributed by atoms with Crippen molar-refractivity contribution < 1.29 is 9.47 Å². The first-order valence-corrected chi connectivity index (χ1v) is 7.85. The van der Waals surface area contributed by atoms with Crippen LogP contribution in [0, 0.1) is 0 Å². The van der Waals surface area contributed by atoms with Gasteiger partial charge < -0.3 is 9.47 Å². The Morgan fingerprint density at radius 2 is 1.70 bits per heavy atom. The van der Waals surface area contributed by atoms with E-state index in [9.17, 15) is 0 Å². The van der Waals surface area contributed by atoms with Crippen LogP contribution in [0.1, 0.15) is 16.5 Å². The van der Waals surface area contributed by atoms with Crippen molar-refractivity contribution >= 4 is 23.4 Å². The molecule has 1 atom stereocenters. The zero-order chi connectivity index (χ0) is 14.5. The normalized spacial score (nSPS) is 12.0. The van der Waals surface area contributed by atoms with E-state index in [1.807, 2.05) is 30.3 Å². The lowest BCUT2D eigenvalue weighted by atomic mass is 10.0. The number of benzene rings is 2. The first-order valence-electron chi connectivity index (χ1n) is 6.19. The summed E-state index contributed by atoms with van der Waals surface area (Å²) in [6.07, 6.45) is 2.05. The molecule has 106 valence electrons. The van der Waals surface area contributed by atoms with Crippen LogP contribution in [0.3, 0.4) is 0 Å². The fourth-order valence-corrected chi connectivity index (χ4v) is 2.71. The second-order valence-electron chi connectivity index (χ2n) is 4.24. The van der Waals surface area contributed by atoms with Gasteiger partial charge in [-0.15, -0.1) is 23.4 Å². The monoisotopic (exact) mass is 308 g/mol. The number of hydrogen-bond acceptors (Lipinski definition) is 3. The fraction of sp³-hybridized carbons (Fsp3) is 0.250. The lowest BCUT2D eigenvalue weighted by Crippen LogP contribution is -1.98. The molecule has 0 saturated heterocycles. The van der Waals surface area contributed by atoms with E-state index in [1.165, 1.54) is 4.90 Å². The standard InChI is InChI=1S/C16H17ClO2S/c1-18-12-6-9-15(19-2)14(10-12)16(17)11-4-7-13(20-3)8-5-11/h4-10,16H,1-3H3. The van der Waals surface area contributed by atoms with E-state index in [-0.39, 0.29) is 5.38 Å². The minimum absolute atomic E-state index is 0.268. The molecule has 2 nitrogen and oxygen atoms in total. The number of ether oxygens (including phenoxy) is 2. The minimum atomic E-state index is -0.268. The van der Waals surface area contributed by atoms with Gasteiger partial charge in [0, 0.05) is 10.5 Å². The molecule has 2 aromatic carbocycles. The molecule has 0 spiro atoms. The van der Waals surface area contributed by atoms with E-state index in [0.717, 1.165) is 22.6 Å². The third kappa shape index (κ3) is 3.22. The quantitative estimate of drug-likeness (QED) is 0.586. The van der Waals surface area contributed by atoms with Crippen LogP contribution < -0.4 is 9.47 Å². The molecule has 0 aromatic heterocycles. The minimum Gasteiger partial charge on any atom is -0.497 e. The summed E-state index contributed by atoms with van der Waals surface area (Å²) in [4.78, 5) is 1.22. The summed E-state index contributed by atoms with van der Waals surface area (Å²) < 4.78 is 10.6. The lowest BCUT2D eigenvalue weighted by Gasteiger charge is -2.16. The molecule has 0 bridgehead atoms. The molecule has 0 saturated carbocycles. The van der Waals surface area contributed by atoms with Gasteiger partial charge in [-0.2, -0.15) is 0 Å². The van der Waals surface area contributed by atoms with Crippen LogP contribution in [0.25, 0.3) is 0 Å². The van der Waals surface area contributed by atoms with Crippen LogP contribution in [0.2, 0.25) is 0 Å². The van der Waals surface area contributed by atoms with E-state index >= 15 is 0 Å². The maximum Gasteiger partial charge on any atom is 0.124 e. The van der Waals surface area contributed by atoms with Crippen molar-refractivity contribution in [1.82, 2.24) is 0 Å². The van der Waals surface area contributed by atoms with E-state index in [0.29, 0.717) is 0 Å². The van der Waals surface area contributed by atoms with E-state index < -0.39 is 0 Å². The van der Waals surface area contributed by atoms with Crippen molar-refractivity contribution in [2.24, 2.45) is 0 Å². The van der Waals surface area contributed by atoms with Crippen LogP contribution in [-0.4, -0.2) is 20.5 Å². The van der Waals surface area contributed by atoms with Crippen LogP contribution in [0.15, 0.2) is 47.4 Å². The number of methoxy groups -OCH3 is 2. The van der Waals surface area contributed by atoms with Crippen molar-refractivity contribution in [3.63, 3.8) is 0 Å². The maximum absolute atomic E-state index is 6.60. The first kappa shape index (κ1) is 15.1. The van der Waals surface area contributed by atoms with Crippen molar-refractivity contribution in [3.05, 3.63) is 53.6 Å². The molecule has 0 heterocycles. The molecule has 0 aliphatic heterocycles. The van der Waals surface area contributed by atoms with Gasteiger partial charge in [0.05, 0.1) is 19.6 Å². The molecule has 0 fully saturated rings. The van der Waals surface area contributed by atoms with Gasteiger partial charge in [0.1, 0.15) is 11.5 Å². The van der Waals surface area contributed by atoms with Gasteiger partial charge in [0.15, 0.2) is 0 Å². The number of alkyl halides is 1. The van der Waals surface area contributed by atoms with Gasteiger partial charge in [0.2, 0.25) is 0 Å². The van der Waals surface area contributed by atoms with Crippen molar-refractivity contribution in [2.75, 3.05) is 20.5 Å². The predicted molar refractivity (Wildman–Crippen MR) is 85.5 cm³/mol. The number of rotatable bonds is 5. The Morgan fingerprint density at radius 3 is 2.25 bits per heavy atom. The second kappa shape index (κ2) is 6.91. The van der Waals surface area contributed by atoms with Gasteiger partial charge in [0.25, 0.3) is 0 Å². The first-order chi connectivity index (χ1) is 9.69. The average Bonchev–Trinajstić information content (AvgIpc) is 2.53. The highest BCUT2D eigenvalue weighted by atomic mass is 35.5. The molecule has 0 amide bonds. The fourth-order valence-electron chi connectivity index (χ4n) is 1.99. The number of thioether (sulfide) groups is 1. The van der Waals surface area contributed by atoms with Crippen molar-refractivity contribution in [1.29, 1.82) is 0 Å². The summed E-state index contributed by atoms with van der Waals surface area (Å²) in [5, 5.41) is -0.268. The van der Waals surface area contributed by atoms with Crippen molar-refractivity contribution in [3.8, 4) is 11.5 Å². The number of hydrogen-bond donors (Lipinski definition) is 0. The summed E-state index contributed by atoms with van der Waals surface area (Å²) in [6, 6.07) is 13.9. The summed E-state index contributed by atoms with van der Waals surface area (Å²) in [5.41, 5.74) is 1.95. The predicted octanol–water partition coefficient (Wildman–Crippen LogP) is 4.75. The lowest BCUT2D eigenvalue weighted by molar-refractivity contribution is 0.399. The Morgan fingerprint density at radius 1 is 1.00 bits per heavy atom. The topological polar surface area (TPSA) is 18.5 Å². The average molecular weight is 309 g/mol. The van der Waals surface area contributed by atoms with Gasteiger partial charge in [-0.25, -0.2) is 0 Å². The Labute approximate surface area is 129 Å². The second-order valence-corrected chi connectivity index (χ2v) is 5.56. The van der Waals surface area contributed by atoms with E-state index in [1.54, 1.807) is 26.0 Å². The van der Waals surface area contributed by atoms with Gasteiger partial charge in [-0.3, -0.25) is 0 Å². The Hall–Kier alpha value is -1.32. The highest BCUT2D eigenvalue weighted by Gasteiger charge is 2.16. The Balaban J connectivity index is 2.37. The maximum atomic E-state index is 6.60.